The Labute approximate surface area is 115 Å². The third-order valence-electron chi connectivity index (χ3n) is 2.69. The first-order chi connectivity index (χ1) is 8.45. The van der Waals surface area contributed by atoms with Gasteiger partial charge in [-0.3, -0.25) is 9.59 Å². The van der Waals surface area contributed by atoms with Crippen LogP contribution in [0.4, 0.5) is 0 Å². The van der Waals surface area contributed by atoms with Crippen LogP contribution in [-0.2, 0) is 16.1 Å². The topological polar surface area (TPSA) is 57.6 Å². The minimum atomic E-state index is -1.07. The molecule has 1 amide bonds. The van der Waals surface area contributed by atoms with Crippen molar-refractivity contribution in [2.75, 3.05) is 7.05 Å². The van der Waals surface area contributed by atoms with E-state index < -0.39 is 11.9 Å². The SMILES string of the molecule is CCC(C(=O)O)C(=O)N(C)Cc1cccc(Br)c1. The van der Waals surface area contributed by atoms with Gasteiger partial charge in [0.15, 0.2) is 0 Å². The van der Waals surface area contributed by atoms with Crippen molar-refractivity contribution in [3.05, 3.63) is 34.3 Å². The van der Waals surface area contributed by atoms with Crippen LogP contribution in [0.15, 0.2) is 28.7 Å². The summed E-state index contributed by atoms with van der Waals surface area (Å²) in [5, 5.41) is 8.95. The van der Waals surface area contributed by atoms with Crippen molar-refractivity contribution in [2.45, 2.75) is 19.9 Å². The van der Waals surface area contributed by atoms with E-state index in [2.05, 4.69) is 15.9 Å². The lowest BCUT2D eigenvalue weighted by Gasteiger charge is -2.20. The van der Waals surface area contributed by atoms with Crippen molar-refractivity contribution in [3.8, 4) is 0 Å². The predicted molar refractivity (Wildman–Crippen MR) is 72.0 cm³/mol. The fourth-order valence-corrected chi connectivity index (χ4v) is 2.15. The van der Waals surface area contributed by atoms with Crippen LogP contribution in [0.5, 0.6) is 0 Å². The minimum Gasteiger partial charge on any atom is -0.481 e. The first-order valence-corrected chi connectivity index (χ1v) is 6.47. The monoisotopic (exact) mass is 313 g/mol. The zero-order valence-electron chi connectivity index (χ0n) is 10.4. The average molecular weight is 314 g/mol. The maximum atomic E-state index is 11.9. The molecule has 0 saturated heterocycles. The lowest BCUT2D eigenvalue weighted by Crippen LogP contribution is -2.36. The van der Waals surface area contributed by atoms with Gasteiger partial charge in [0.05, 0.1) is 0 Å². The minimum absolute atomic E-state index is 0.303. The quantitative estimate of drug-likeness (QED) is 0.850. The largest absolute Gasteiger partial charge is 0.481 e. The number of rotatable bonds is 5. The van der Waals surface area contributed by atoms with Crippen LogP contribution in [-0.4, -0.2) is 28.9 Å². The van der Waals surface area contributed by atoms with E-state index in [1.165, 1.54) is 4.90 Å². The van der Waals surface area contributed by atoms with E-state index in [1.807, 2.05) is 24.3 Å². The van der Waals surface area contributed by atoms with E-state index in [0.29, 0.717) is 13.0 Å². The first kappa shape index (κ1) is 14.7. The fourth-order valence-electron chi connectivity index (χ4n) is 1.71. The lowest BCUT2D eigenvalue weighted by atomic mass is 10.1. The van der Waals surface area contributed by atoms with E-state index in [4.69, 9.17) is 5.11 Å². The molecule has 0 spiro atoms. The van der Waals surface area contributed by atoms with Gasteiger partial charge in [-0.25, -0.2) is 0 Å². The molecule has 1 N–H and O–H groups in total. The molecule has 0 aliphatic rings. The Morgan fingerprint density at radius 2 is 2.11 bits per heavy atom. The highest BCUT2D eigenvalue weighted by atomic mass is 79.9. The Balaban J connectivity index is 2.73. The number of hydrogen-bond acceptors (Lipinski definition) is 2. The highest BCUT2D eigenvalue weighted by Gasteiger charge is 2.26. The summed E-state index contributed by atoms with van der Waals surface area (Å²) in [5.41, 5.74) is 0.959. The third kappa shape index (κ3) is 3.84. The molecule has 98 valence electrons. The van der Waals surface area contributed by atoms with Gasteiger partial charge in [0, 0.05) is 18.1 Å². The van der Waals surface area contributed by atoms with E-state index in [1.54, 1.807) is 14.0 Å². The van der Waals surface area contributed by atoms with Crippen LogP contribution >= 0.6 is 15.9 Å². The molecular formula is C13H16BrNO3. The van der Waals surface area contributed by atoms with Gasteiger partial charge in [-0.1, -0.05) is 35.0 Å². The summed E-state index contributed by atoms with van der Waals surface area (Å²) in [6, 6.07) is 7.59. The molecule has 0 aromatic heterocycles. The number of aliphatic carboxylic acids is 1. The zero-order chi connectivity index (χ0) is 13.7. The van der Waals surface area contributed by atoms with Crippen molar-refractivity contribution in [1.82, 2.24) is 4.90 Å². The Morgan fingerprint density at radius 3 is 2.61 bits per heavy atom. The molecule has 1 aromatic carbocycles. The number of amides is 1. The number of nitrogens with zero attached hydrogens (tertiary/aromatic N) is 1. The van der Waals surface area contributed by atoms with Crippen LogP contribution in [0.2, 0.25) is 0 Å². The first-order valence-electron chi connectivity index (χ1n) is 5.68. The molecule has 1 atom stereocenters. The second-order valence-corrected chi connectivity index (χ2v) is 5.04. The molecule has 18 heavy (non-hydrogen) atoms. The number of carbonyl (C=O) groups excluding carboxylic acids is 1. The van der Waals surface area contributed by atoms with Crippen molar-refractivity contribution < 1.29 is 14.7 Å². The van der Waals surface area contributed by atoms with Gasteiger partial charge in [-0.05, 0) is 24.1 Å². The molecule has 0 fully saturated rings. The normalized spacial score (nSPS) is 11.9. The zero-order valence-corrected chi connectivity index (χ0v) is 12.0. The number of carbonyl (C=O) groups is 2. The van der Waals surface area contributed by atoms with Crippen molar-refractivity contribution in [1.29, 1.82) is 0 Å². The Kier molecular flexibility index (Phi) is 5.34. The molecule has 1 unspecified atom stereocenters. The molecule has 1 rings (SSSR count). The van der Waals surface area contributed by atoms with Gasteiger partial charge in [-0.15, -0.1) is 0 Å². The summed E-state index contributed by atoms with van der Waals surface area (Å²) in [6.07, 6.45) is 0.303. The van der Waals surface area contributed by atoms with Crippen molar-refractivity contribution in [3.63, 3.8) is 0 Å². The summed E-state index contributed by atoms with van der Waals surface area (Å²) in [5.74, 6) is -2.38. The molecule has 0 aliphatic heterocycles. The molecule has 0 heterocycles. The third-order valence-corrected chi connectivity index (χ3v) is 3.18. The number of carboxylic acid groups (broad SMARTS) is 1. The number of halogens is 1. The van der Waals surface area contributed by atoms with Crippen molar-refractivity contribution in [2.24, 2.45) is 5.92 Å². The van der Waals surface area contributed by atoms with Gasteiger partial charge in [0.1, 0.15) is 5.92 Å². The summed E-state index contributed by atoms with van der Waals surface area (Å²) >= 11 is 3.36. The smallest absolute Gasteiger partial charge is 0.316 e. The maximum absolute atomic E-state index is 11.9. The molecule has 1 aromatic rings. The summed E-state index contributed by atoms with van der Waals surface area (Å²) < 4.78 is 0.936. The van der Waals surface area contributed by atoms with Gasteiger partial charge in [0.2, 0.25) is 5.91 Å². The van der Waals surface area contributed by atoms with Crippen LogP contribution < -0.4 is 0 Å². The molecule has 0 saturated carbocycles. The van der Waals surface area contributed by atoms with Crippen LogP contribution in [0, 0.1) is 5.92 Å². The van der Waals surface area contributed by atoms with Crippen LogP contribution in [0.3, 0.4) is 0 Å². The predicted octanol–water partition coefficient (Wildman–Crippen LogP) is 2.52. The molecular weight excluding hydrogens is 298 g/mol. The Bertz CT molecular complexity index is 448. The van der Waals surface area contributed by atoms with Gasteiger partial charge in [0.25, 0.3) is 0 Å². The highest BCUT2D eigenvalue weighted by Crippen LogP contribution is 2.15. The summed E-state index contributed by atoms with van der Waals surface area (Å²) in [7, 11) is 1.62. The van der Waals surface area contributed by atoms with E-state index >= 15 is 0 Å². The second-order valence-electron chi connectivity index (χ2n) is 4.12. The van der Waals surface area contributed by atoms with E-state index in [0.717, 1.165) is 10.0 Å². The van der Waals surface area contributed by atoms with Gasteiger partial charge < -0.3 is 10.0 Å². The van der Waals surface area contributed by atoms with E-state index in [-0.39, 0.29) is 5.91 Å². The molecule has 0 bridgehead atoms. The van der Waals surface area contributed by atoms with Gasteiger partial charge in [-0.2, -0.15) is 0 Å². The lowest BCUT2D eigenvalue weighted by molar-refractivity contribution is -0.150. The average Bonchev–Trinajstić information content (AvgIpc) is 2.29. The summed E-state index contributed by atoms with van der Waals surface area (Å²) in [6.45, 7) is 2.10. The Morgan fingerprint density at radius 1 is 1.44 bits per heavy atom. The standard InChI is InChI=1S/C13H16BrNO3/c1-3-11(13(17)18)12(16)15(2)8-9-5-4-6-10(14)7-9/h4-7,11H,3,8H2,1-2H3,(H,17,18). The van der Waals surface area contributed by atoms with Gasteiger partial charge >= 0.3 is 5.97 Å². The van der Waals surface area contributed by atoms with Crippen LogP contribution in [0.25, 0.3) is 0 Å². The summed E-state index contributed by atoms with van der Waals surface area (Å²) in [4.78, 5) is 24.3. The maximum Gasteiger partial charge on any atom is 0.316 e. The highest BCUT2D eigenvalue weighted by molar-refractivity contribution is 9.10. The number of hydrogen-bond donors (Lipinski definition) is 1. The molecule has 5 heteroatoms. The number of carboxylic acids is 1. The number of benzene rings is 1. The Hall–Kier alpha value is -1.36. The molecule has 0 radical (unpaired) electrons. The molecule has 4 nitrogen and oxygen atoms in total. The second kappa shape index (κ2) is 6.54. The fraction of sp³-hybridized carbons (Fsp3) is 0.385. The van der Waals surface area contributed by atoms with Crippen molar-refractivity contribution >= 4 is 27.8 Å². The van der Waals surface area contributed by atoms with Crippen LogP contribution in [0.1, 0.15) is 18.9 Å². The molecule has 0 aliphatic carbocycles. The van der Waals surface area contributed by atoms with E-state index in [9.17, 15) is 9.59 Å².